The van der Waals surface area contributed by atoms with Gasteiger partial charge in [-0.05, 0) is 36.8 Å². The van der Waals surface area contributed by atoms with Gasteiger partial charge in [-0.3, -0.25) is 4.79 Å². The number of allylic oxidation sites excluding steroid dienone is 1. The second-order valence-electron chi connectivity index (χ2n) is 7.87. The van der Waals surface area contributed by atoms with Gasteiger partial charge in [-0.25, -0.2) is 4.68 Å². The zero-order chi connectivity index (χ0) is 22.8. The maximum absolute atomic E-state index is 13.5. The number of rotatable bonds is 5. The summed E-state index contributed by atoms with van der Waals surface area (Å²) in [5, 5.41) is 10.9. The van der Waals surface area contributed by atoms with Crippen LogP contribution in [0.2, 0.25) is 0 Å². The molecular weight excluding hydrogens is 422 g/mol. The van der Waals surface area contributed by atoms with Gasteiger partial charge < -0.3 is 24.8 Å². The van der Waals surface area contributed by atoms with Crippen LogP contribution in [-0.4, -0.2) is 41.0 Å². The minimum absolute atomic E-state index is 0.224. The van der Waals surface area contributed by atoms with Crippen molar-refractivity contribution in [1.82, 2.24) is 14.8 Å². The van der Waals surface area contributed by atoms with Crippen molar-refractivity contribution in [2.75, 3.05) is 31.0 Å². The second kappa shape index (κ2) is 8.95. The molecule has 0 fully saturated rings. The molecule has 0 aliphatic carbocycles. The van der Waals surface area contributed by atoms with Crippen LogP contribution in [0.25, 0.3) is 0 Å². The van der Waals surface area contributed by atoms with Crippen LogP contribution in [-0.2, 0) is 16.1 Å². The molecule has 2 aromatic carbocycles. The van der Waals surface area contributed by atoms with E-state index in [1.807, 2.05) is 55.5 Å². The highest BCUT2D eigenvalue weighted by atomic mass is 16.5. The fraction of sp³-hybridized carbons (Fsp3) is 0.292. The van der Waals surface area contributed by atoms with E-state index in [4.69, 9.17) is 14.2 Å². The summed E-state index contributed by atoms with van der Waals surface area (Å²) in [6.45, 7) is 3.31. The van der Waals surface area contributed by atoms with Crippen molar-refractivity contribution in [2.24, 2.45) is 0 Å². The van der Waals surface area contributed by atoms with Gasteiger partial charge in [-0.1, -0.05) is 24.3 Å². The molecule has 0 bridgehead atoms. The first-order valence-corrected chi connectivity index (χ1v) is 10.8. The Bertz CT molecular complexity index is 1200. The zero-order valence-corrected chi connectivity index (χ0v) is 18.5. The number of benzene rings is 2. The lowest BCUT2D eigenvalue weighted by Crippen LogP contribution is -2.31. The smallest absolute Gasteiger partial charge is 0.255 e. The zero-order valence-electron chi connectivity index (χ0n) is 18.5. The highest BCUT2D eigenvalue weighted by molar-refractivity contribution is 6.06. The normalized spacial score (nSPS) is 17.1. The van der Waals surface area contributed by atoms with Gasteiger partial charge in [0.05, 0.1) is 18.8 Å². The number of nitrogens with one attached hydrogen (secondary N) is 2. The highest BCUT2D eigenvalue weighted by Crippen LogP contribution is 2.39. The van der Waals surface area contributed by atoms with E-state index < -0.39 is 6.04 Å². The minimum atomic E-state index is -0.514. The number of para-hydroxylation sites is 1. The van der Waals surface area contributed by atoms with E-state index >= 15 is 0 Å². The van der Waals surface area contributed by atoms with Gasteiger partial charge in [-0.2, -0.15) is 10.1 Å². The second-order valence-corrected chi connectivity index (χ2v) is 7.87. The molecule has 33 heavy (non-hydrogen) atoms. The standard InChI is InChI=1S/C24H25N5O4/c1-15-21(23(30)26-17-7-4-3-5-8-17)22(29-24(25-15)27-20(28-29)14-31-2)16-9-10-18-19(13-16)33-12-6-11-32-18/h3-5,7-10,13,22H,6,11-12,14H2,1-2H3,(H,26,30)(H,25,27,28). The van der Waals surface area contributed by atoms with Gasteiger partial charge in [0.15, 0.2) is 17.3 Å². The summed E-state index contributed by atoms with van der Waals surface area (Å²) in [5.41, 5.74) is 2.79. The molecule has 1 atom stereocenters. The minimum Gasteiger partial charge on any atom is -0.490 e. The van der Waals surface area contributed by atoms with Crippen LogP contribution in [0.4, 0.5) is 11.6 Å². The average molecular weight is 447 g/mol. The third-order valence-corrected chi connectivity index (χ3v) is 5.53. The number of aromatic nitrogens is 3. The van der Waals surface area contributed by atoms with E-state index in [0.29, 0.717) is 53.4 Å². The van der Waals surface area contributed by atoms with Crippen LogP contribution in [0.5, 0.6) is 11.5 Å². The quantitative estimate of drug-likeness (QED) is 0.617. The lowest BCUT2D eigenvalue weighted by Gasteiger charge is -2.29. The largest absolute Gasteiger partial charge is 0.490 e. The van der Waals surface area contributed by atoms with E-state index in [9.17, 15) is 4.79 Å². The molecule has 2 N–H and O–H groups in total. The van der Waals surface area contributed by atoms with Gasteiger partial charge in [0.2, 0.25) is 5.95 Å². The fourth-order valence-electron chi connectivity index (χ4n) is 4.06. The van der Waals surface area contributed by atoms with E-state index in [0.717, 1.165) is 12.0 Å². The monoisotopic (exact) mass is 447 g/mol. The Morgan fingerprint density at radius 2 is 1.97 bits per heavy atom. The van der Waals surface area contributed by atoms with Crippen LogP contribution in [0, 0.1) is 0 Å². The first kappa shape index (κ1) is 21.0. The molecule has 3 aromatic rings. The van der Waals surface area contributed by atoms with E-state index in [1.165, 1.54) is 0 Å². The highest BCUT2D eigenvalue weighted by Gasteiger charge is 2.35. The van der Waals surface area contributed by atoms with Crippen molar-refractivity contribution in [1.29, 1.82) is 0 Å². The molecule has 1 amide bonds. The van der Waals surface area contributed by atoms with Crippen molar-refractivity contribution in [3.05, 3.63) is 71.2 Å². The molecule has 2 aliphatic heterocycles. The number of carbonyl (C=O) groups excluding carboxylic acids is 1. The summed E-state index contributed by atoms with van der Waals surface area (Å²) < 4.78 is 18.6. The van der Waals surface area contributed by atoms with Gasteiger partial charge in [0, 0.05) is 24.9 Å². The number of anilines is 2. The third kappa shape index (κ3) is 4.14. The summed E-state index contributed by atoms with van der Waals surface area (Å²) in [6.07, 6.45) is 0.814. The number of fused-ring (bicyclic) bond motifs is 2. The molecule has 0 saturated carbocycles. The lowest BCUT2D eigenvalue weighted by atomic mass is 9.94. The molecule has 170 valence electrons. The molecule has 2 aliphatic rings. The SMILES string of the molecule is COCc1nc2n(n1)C(c1ccc3c(c1)OCCCO3)C(C(=O)Nc1ccccc1)=C(C)N2. The number of amides is 1. The Morgan fingerprint density at radius 1 is 1.18 bits per heavy atom. The molecule has 3 heterocycles. The molecule has 1 unspecified atom stereocenters. The summed E-state index contributed by atoms with van der Waals surface area (Å²) in [4.78, 5) is 18.0. The molecule has 9 heteroatoms. The van der Waals surface area contributed by atoms with Crippen molar-refractivity contribution < 1.29 is 19.0 Å². The van der Waals surface area contributed by atoms with Crippen molar-refractivity contribution in [3.8, 4) is 11.5 Å². The summed E-state index contributed by atoms with van der Waals surface area (Å²) in [5.74, 6) is 2.20. The predicted molar refractivity (Wildman–Crippen MR) is 122 cm³/mol. The maximum Gasteiger partial charge on any atom is 0.255 e. The average Bonchev–Trinajstić information content (AvgIpc) is 3.06. The molecule has 1 aromatic heterocycles. The summed E-state index contributed by atoms with van der Waals surface area (Å²) in [7, 11) is 1.59. The van der Waals surface area contributed by atoms with Crippen molar-refractivity contribution >= 4 is 17.5 Å². The van der Waals surface area contributed by atoms with Crippen LogP contribution in [0.15, 0.2) is 59.8 Å². The number of ether oxygens (including phenoxy) is 3. The van der Waals surface area contributed by atoms with E-state index in [1.54, 1.807) is 11.8 Å². The Kier molecular flexibility index (Phi) is 5.70. The molecule has 5 rings (SSSR count). The number of methoxy groups -OCH3 is 1. The van der Waals surface area contributed by atoms with Gasteiger partial charge in [0.25, 0.3) is 5.91 Å². The van der Waals surface area contributed by atoms with Crippen LogP contribution >= 0.6 is 0 Å². The summed E-state index contributed by atoms with van der Waals surface area (Å²) in [6, 6.07) is 14.6. The Hall–Kier alpha value is -3.85. The molecule has 9 nitrogen and oxygen atoms in total. The third-order valence-electron chi connectivity index (χ3n) is 5.53. The lowest BCUT2D eigenvalue weighted by molar-refractivity contribution is -0.113. The van der Waals surface area contributed by atoms with Crippen LogP contribution in [0.3, 0.4) is 0 Å². The number of hydrogen-bond acceptors (Lipinski definition) is 7. The first-order valence-electron chi connectivity index (χ1n) is 10.8. The Balaban J connectivity index is 1.59. The van der Waals surface area contributed by atoms with Crippen molar-refractivity contribution in [2.45, 2.75) is 26.0 Å². The molecule has 0 saturated heterocycles. The van der Waals surface area contributed by atoms with Gasteiger partial charge in [0.1, 0.15) is 12.6 Å². The summed E-state index contributed by atoms with van der Waals surface area (Å²) >= 11 is 0. The van der Waals surface area contributed by atoms with Crippen LogP contribution < -0.4 is 20.1 Å². The maximum atomic E-state index is 13.5. The fourth-order valence-corrected chi connectivity index (χ4v) is 4.06. The predicted octanol–water partition coefficient (Wildman–Crippen LogP) is 3.51. The van der Waals surface area contributed by atoms with Gasteiger partial charge in [-0.15, -0.1) is 0 Å². The molecule has 0 radical (unpaired) electrons. The van der Waals surface area contributed by atoms with E-state index in [-0.39, 0.29) is 12.5 Å². The van der Waals surface area contributed by atoms with Gasteiger partial charge >= 0.3 is 0 Å². The number of carbonyl (C=O) groups is 1. The van der Waals surface area contributed by atoms with Crippen LogP contribution in [0.1, 0.15) is 30.8 Å². The molecular formula is C24H25N5O4. The van der Waals surface area contributed by atoms with Crippen molar-refractivity contribution in [3.63, 3.8) is 0 Å². The first-order chi connectivity index (χ1) is 16.1. The molecule has 0 spiro atoms. The Morgan fingerprint density at radius 3 is 2.76 bits per heavy atom. The Labute approximate surface area is 191 Å². The van der Waals surface area contributed by atoms with E-state index in [2.05, 4.69) is 20.7 Å². The topological polar surface area (TPSA) is 99.5 Å². The number of hydrogen-bond donors (Lipinski definition) is 2. The number of nitrogens with zero attached hydrogens (tertiary/aromatic N) is 3.